The highest BCUT2D eigenvalue weighted by Gasteiger charge is 2.25. The summed E-state index contributed by atoms with van der Waals surface area (Å²) in [6.07, 6.45) is 5.18. The van der Waals surface area contributed by atoms with E-state index in [0.717, 1.165) is 18.5 Å². The number of hydrogen-bond donors (Lipinski definition) is 1. The zero-order chi connectivity index (χ0) is 9.68. The lowest BCUT2D eigenvalue weighted by atomic mass is 10.1. The van der Waals surface area contributed by atoms with E-state index in [1.165, 1.54) is 38.8 Å². The van der Waals surface area contributed by atoms with Crippen molar-refractivity contribution in [3.05, 3.63) is 0 Å². The third-order valence-electron chi connectivity index (χ3n) is 3.35. The molecule has 1 atom stereocenters. The maximum Gasteiger partial charge on any atom is 0.00901 e. The maximum absolute atomic E-state index is 5.58. The van der Waals surface area contributed by atoms with E-state index in [-0.39, 0.29) is 0 Å². The molecule has 0 radical (unpaired) electrons. The van der Waals surface area contributed by atoms with Crippen LogP contribution in [0.5, 0.6) is 0 Å². The summed E-state index contributed by atoms with van der Waals surface area (Å²) in [6.45, 7) is 8.05. The van der Waals surface area contributed by atoms with Crippen molar-refractivity contribution in [2.45, 2.75) is 45.6 Å². The molecule has 1 saturated heterocycles. The minimum absolute atomic E-state index is 0.822. The molecular weight excluding hydrogens is 160 g/mol. The van der Waals surface area contributed by atoms with Crippen molar-refractivity contribution in [1.29, 1.82) is 0 Å². The van der Waals surface area contributed by atoms with Crippen molar-refractivity contribution in [2.24, 2.45) is 11.7 Å². The van der Waals surface area contributed by atoms with Gasteiger partial charge in [0.15, 0.2) is 0 Å². The second-order valence-electron chi connectivity index (χ2n) is 4.20. The van der Waals surface area contributed by atoms with Gasteiger partial charge in [0, 0.05) is 12.6 Å². The van der Waals surface area contributed by atoms with Gasteiger partial charge in [-0.3, -0.25) is 0 Å². The minimum atomic E-state index is 0.822. The van der Waals surface area contributed by atoms with Gasteiger partial charge in [0.25, 0.3) is 0 Å². The fourth-order valence-electron chi connectivity index (χ4n) is 2.47. The molecule has 0 aliphatic carbocycles. The van der Waals surface area contributed by atoms with E-state index in [9.17, 15) is 0 Å². The largest absolute Gasteiger partial charge is 0.330 e. The zero-order valence-corrected chi connectivity index (χ0v) is 9.13. The van der Waals surface area contributed by atoms with Crippen LogP contribution < -0.4 is 5.73 Å². The quantitative estimate of drug-likeness (QED) is 0.706. The molecule has 1 unspecified atom stereocenters. The zero-order valence-electron chi connectivity index (χ0n) is 9.13. The molecule has 1 aliphatic rings. The van der Waals surface area contributed by atoms with Gasteiger partial charge in [-0.15, -0.1) is 0 Å². The van der Waals surface area contributed by atoms with Crippen LogP contribution in [0.15, 0.2) is 0 Å². The summed E-state index contributed by atoms with van der Waals surface area (Å²) in [6, 6.07) is 0.822. The van der Waals surface area contributed by atoms with Gasteiger partial charge in [-0.1, -0.05) is 13.8 Å². The first-order valence-electron chi connectivity index (χ1n) is 5.75. The molecule has 0 aromatic carbocycles. The van der Waals surface area contributed by atoms with E-state index in [1.807, 2.05) is 0 Å². The van der Waals surface area contributed by atoms with Crippen LogP contribution in [0.2, 0.25) is 0 Å². The van der Waals surface area contributed by atoms with E-state index in [1.54, 1.807) is 0 Å². The normalized spacial score (nSPS) is 24.5. The van der Waals surface area contributed by atoms with Crippen molar-refractivity contribution >= 4 is 0 Å². The van der Waals surface area contributed by atoms with E-state index in [2.05, 4.69) is 18.7 Å². The number of rotatable bonds is 5. The number of likely N-dealkylation sites (tertiary alicyclic amines) is 1. The molecule has 2 N–H and O–H groups in total. The number of nitrogens with zero attached hydrogens (tertiary/aromatic N) is 1. The van der Waals surface area contributed by atoms with Gasteiger partial charge in [-0.2, -0.15) is 0 Å². The van der Waals surface area contributed by atoms with Crippen LogP contribution in [0.25, 0.3) is 0 Å². The molecule has 78 valence electrons. The summed E-state index contributed by atoms with van der Waals surface area (Å²) in [5.41, 5.74) is 5.58. The highest BCUT2D eigenvalue weighted by Crippen LogP contribution is 2.23. The lowest BCUT2D eigenvalue weighted by Gasteiger charge is -2.25. The van der Waals surface area contributed by atoms with Crippen LogP contribution in [-0.2, 0) is 0 Å². The van der Waals surface area contributed by atoms with Gasteiger partial charge >= 0.3 is 0 Å². The Morgan fingerprint density at radius 2 is 2.08 bits per heavy atom. The smallest absolute Gasteiger partial charge is 0.00901 e. The van der Waals surface area contributed by atoms with Crippen LogP contribution in [-0.4, -0.2) is 30.6 Å². The van der Waals surface area contributed by atoms with Crippen LogP contribution in [0.1, 0.15) is 39.5 Å². The van der Waals surface area contributed by atoms with Gasteiger partial charge in [0.1, 0.15) is 0 Å². The molecule has 2 heteroatoms. The maximum atomic E-state index is 5.58. The molecule has 1 rings (SSSR count). The van der Waals surface area contributed by atoms with Gasteiger partial charge in [-0.05, 0) is 44.7 Å². The first-order chi connectivity index (χ1) is 6.31. The molecule has 2 nitrogen and oxygen atoms in total. The van der Waals surface area contributed by atoms with Crippen LogP contribution in [0.4, 0.5) is 0 Å². The first kappa shape index (κ1) is 11.0. The molecule has 0 amide bonds. The average molecular weight is 184 g/mol. The fraction of sp³-hybridized carbons (Fsp3) is 1.00. The summed E-state index contributed by atoms with van der Waals surface area (Å²) in [7, 11) is 0. The van der Waals surface area contributed by atoms with Crippen LogP contribution in [0.3, 0.4) is 0 Å². The Morgan fingerprint density at radius 3 is 2.62 bits per heavy atom. The third kappa shape index (κ3) is 2.96. The topological polar surface area (TPSA) is 29.3 Å². The SMILES string of the molecule is CCC(CC)N1CCC(CCN)C1. The Balaban J connectivity index is 2.30. The molecule has 1 aliphatic heterocycles. The van der Waals surface area contributed by atoms with Crippen molar-refractivity contribution < 1.29 is 0 Å². The summed E-state index contributed by atoms with van der Waals surface area (Å²) in [5.74, 6) is 0.880. The predicted molar refractivity (Wildman–Crippen MR) is 57.7 cm³/mol. The van der Waals surface area contributed by atoms with E-state index in [4.69, 9.17) is 5.73 Å². The first-order valence-corrected chi connectivity index (χ1v) is 5.75. The van der Waals surface area contributed by atoms with Crippen molar-refractivity contribution in [3.63, 3.8) is 0 Å². The lowest BCUT2D eigenvalue weighted by molar-refractivity contribution is 0.221. The monoisotopic (exact) mass is 184 g/mol. The van der Waals surface area contributed by atoms with E-state index < -0.39 is 0 Å². The van der Waals surface area contributed by atoms with Crippen molar-refractivity contribution in [1.82, 2.24) is 4.90 Å². The molecule has 0 spiro atoms. The summed E-state index contributed by atoms with van der Waals surface area (Å²) >= 11 is 0. The molecule has 0 bridgehead atoms. The summed E-state index contributed by atoms with van der Waals surface area (Å²) in [4.78, 5) is 2.65. The molecule has 1 heterocycles. The van der Waals surface area contributed by atoms with Crippen LogP contribution >= 0.6 is 0 Å². The Bertz CT molecular complexity index is 132. The Hall–Kier alpha value is -0.0800. The number of nitrogens with two attached hydrogens (primary N) is 1. The van der Waals surface area contributed by atoms with Crippen molar-refractivity contribution in [2.75, 3.05) is 19.6 Å². The second-order valence-corrected chi connectivity index (χ2v) is 4.20. The van der Waals surface area contributed by atoms with Gasteiger partial charge in [-0.25, -0.2) is 0 Å². The lowest BCUT2D eigenvalue weighted by Crippen LogP contribution is -2.32. The van der Waals surface area contributed by atoms with Gasteiger partial charge in [0.05, 0.1) is 0 Å². The van der Waals surface area contributed by atoms with E-state index in [0.29, 0.717) is 0 Å². The molecule has 13 heavy (non-hydrogen) atoms. The fourth-order valence-corrected chi connectivity index (χ4v) is 2.47. The van der Waals surface area contributed by atoms with Crippen LogP contribution in [0, 0.1) is 5.92 Å². The highest BCUT2D eigenvalue weighted by molar-refractivity contribution is 4.80. The highest BCUT2D eigenvalue weighted by atomic mass is 15.2. The second kappa shape index (κ2) is 5.61. The molecule has 0 saturated carbocycles. The molecule has 0 aromatic rings. The van der Waals surface area contributed by atoms with E-state index >= 15 is 0 Å². The standard InChI is InChI=1S/C11H24N2/c1-3-11(4-2)13-8-6-10(9-13)5-7-12/h10-11H,3-9,12H2,1-2H3. The average Bonchev–Trinajstić information content (AvgIpc) is 2.56. The summed E-state index contributed by atoms with van der Waals surface area (Å²) < 4.78 is 0. The Morgan fingerprint density at radius 1 is 1.38 bits per heavy atom. The van der Waals surface area contributed by atoms with Gasteiger partial charge in [0.2, 0.25) is 0 Å². The Kier molecular flexibility index (Phi) is 4.74. The van der Waals surface area contributed by atoms with Crippen molar-refractivity contribution in [3.8, 4) is 0 Å². The Labute approximate surface area is 82.5 Å². The summed E-state index contributed by atoms with van der Waals surface area (Å²) in [5, 5.41) is 0. The number of hydrogen-bond acceptors (Lipinski definition) is 2. The molecular formula is C11H24N2. The predicted octanol–water partition coefficient (Wildman–Crippen LogP) is 1.85. The third-order valence-corrected chi connectivity index (χ3v) is 3.35. The molecule has 0 aromatic heterocycles. The molecule has 1 fully saturated rings. The van der Waals surface area contributed by atoms with Gasteiger partial charge < -0.3 is 10.6 Å². The minimum Gasteiger partial charge on any atom is -0.330 e.